The molecule has 4 heterocycles. The molecule has 25 heavy (non-hydrogen) atoms. The second kappa shape index (κ2) is 6.63. The van der Waals surface area contributed by atoms with Crippen LogP contribution in [0.5, 0.6) is 0 Å². The number of carbonyl (C=O) groups is 1. The van der Waals surface area contributed by atoms with Crippen molar-refractivity contribution < 1.29 is 4.79 Å². The summed E-state index contributed by atoms with van der Waals surface area (Å²) in [6.07, 6.45) is 9.06. The zero-order valence-corrected chi connectivity index (χ0v) is 15.4. The highest BCUT2D eigenvalue weighted by Crippen LogP contribution is 2.38. The van der Waals surface area contributed by atoms with E-state index >= 15 is 0 Å². The van der Waals surface area contributed by atoms with Crippen LogP contribution < -0.4 is 5.32 Å². The molecule has 1 fully saturated rings. The number of hydrogen-bond donors (Lipinski definition) is 1. The molecule has 2 aromatic heterocycles. The fraction of sp³-hybridized carbons (Fsp3) is 0.500. The van der Waals surface area contributed by atoms with E-state index in [-0.39, 0.29) is 18.1 Å². The summed E-state index contributed by atoms with van der Waals surface area (Å²) in [7, 11) is 1.97. The number of anilines is 1. The molecule has 132 valence electrons. The Labute approximate surface area is 151 Å². The summed E-state index contributed by atoms with van der Waals surface area (Å²) in [6, 6.07) is 2.45. The second-order valence-corrected chi connectivity index (χ2v) is 7.62. The van der Waals surface area contributed by atoms with E-state index in [1.807, 2.05) is 34.3 Å². The molecule has 1 saturated heterocycles. The molecule has 2 aliphatic heterocycles. The Hall–Kier alpha value is -2.15. The highest BCUT2D eigenvalue weighted by Gasteiger charge is 2.40. The molecule has 2 unspecified atom stereocenters. The molecule has 0 saturated carbocycles. The first kappa shape index (κ1) is 16.3. The van der Waals surface area contributed by atoms with Gasteiger partial charge in [-0.15, -0.1) is 11.3 Å². The Bertz CT molecular complexity index is 808. The maximum Gasteiger partial charge on any atom is 0.324 e. The van der Waals surface area contributed by atoms with Gasteiger partial charge in [-0.05, 0) is 37.3 Å². The Morgan fingerprint density at radius 2 is 2.32 bits per heavy atom. The van der Waals surface area contributed by atoms with Crippen LogP contribution in [0.25, 0.3) is 5.57 Å². The molecule has 4 rings (SSSR count). The summed E-state index contributed by atoms with van der Waals surface area (Å²) < 4.78 is 1.91. The lowest BCUT2D eigenvalue weighted by Crippen LogP contribution is -2.45. The van der Waals surface area contributed by atoms with Crippen LogP contribution in [0, 0.1) is 0 Å². The average molecular weight is 357 g/mol. The quantitative estimate of drug-likeness (QED) is 0.908. The molecule has 1 N–H and O–H groups in total. The van der Waals surface area contributed by atoms with Crippen molar-refractivity contribution in [1.82, 2.24) is 19.7 Å². The number of aromatic nitrogens is 3. The number of nitrogens with zero attached hydrogens (tertiary/aromatic N) is 4. The number of carbonyl (C=O) groups excluding carboxylic acids is 1. The number of aryl methyl sites for hydroxylation is 2. The van der Waals surface area contributed by atoms with Crippen molar-refractivity contribution in [2.45, 2.75) is 51.1 Å². The molecule has 2 aliphatic rings. The van der Waals surface area contributed by atoms with E-state index in [4.69, 9.17) is 0 Å². The van der Waals surface area contributed by atoms with Crippen molar-refractivity contribution in [1.29, 1.82) is 0 Å². The van der Waals surface area contributed by atoms with Gasteiger partial charge in [-0.1, -0.05) is 19.4 Å². The van der Waals surface area contributed by atoms with Crippen molar-refractivity contribution in [3.8, 4) is 0 Å². The minimum Gasteiger partial charge on any atom is -0.315 e. The summed E-state index contributed by atoms with van der Waals surface area (Å²) in [5, 5.41) is 10.0. The molecule has 2 atom stereocenters. The number of urea groups is 1. The van der Waals surface area contributed by atoms with Gasteiger partial charge in [-0.3, -0.25) is 10.00 Å². The van der Waals surface area contributed by atoms with Crippen molar-refractivity contribution in [2.24, 2.45) is 7.05 Å². The Morgan fingerprint density at radius 1 is 1.44 bits per heavy atom. The second-order valence-electron chi connectivity index (χ2n) is 6.77. The topological polar surface area (TPSA) is 63.1 Å². The molecule has 6 nitrogen and oxygen atoms in total. The molecule has 2 aromatic rings. The summed E-state index contributed by atoms with van der Waals surface area (Å²) in [6.45, 7) is 2.13. The number of thiazole rings is 1. The maximum atomic E-state index is 12.8. The van der Waals surface area contributed by atoms with Crippen LogP contribution in [-0.4, -0.2) is 37.8 Å². The number of fused-ring (bicyclic) bond motifs is 2. The van der Waals surface area contributed by atoms with Crippen LogP contribution in [0.1, 0.15) is 44.0 Å². The third kappa shape index (κ3) is 3.08. The van der Waals surface area contributed by atoms with Gasteiger partial charge in [0, 0.05) is 24.7 Å². The summed E-state index contributed by atoms with van der Waals surface area (Å²) in [4.78, 5) is 19.3. The van der Waals surface area contributed by atoms with Crippen LogP contribution in [0.3, 0.4) is 0 Å². The van der Waals surface area contributed by atoms with Crippen LogP contribution in [0.15, 0.2) is 23.7 Å². The van der Waals surface area contributed by atoms with Crippen LogP contribution >= 0.6 is 11.3 Å². The van der Waals surface area contributed by atoms with Crippen molar-refractivity contribution in [3.63, 3.8) is 0 Å². The molecule has 0 spiro atoms. The summed E-state index contributed by atoms with van der Waals surface area (Å²) >= 11 is 1.51. The molecule has 0 aromatic carbocycles. The number of hydrogen-bond acceptors (Lipinski definition) is 4. The van der Waals surface area contributed by atoms with Gasteiger partial charge in [0.25, 0.3) is 0 Å². The van der Waals surface area contributed by atoms with Crippen molar-refractivity contribution >= 4 is 28.1 Å². The molecule has 0 radical (unpaired) electrons. The van der Waals surface area contributed by atoms with Gasteiger partial charge in [0.1, 0.15) is 0 Å². The largest absolute Gasteiger partial charge is 0.324 e. The molecular formula is C18H23N5OS. The van der Waals surface area contributed by atoms with Gasteiger partial charge in [0.15, 0.2) is 5.13 Å². The predicted octanol–water partition coefficient (Wildman–Crippen LogP) is 3.68. The van der Waals surface area contributed by atoms with Gasteiger partial charge in [0.2, 0.25) is 0 Å². The van der Waals surface area contributed by atoms with Crippen molar-refractivity contribution in [2.75, 3.05) is 5.32 Å². The zero-order valence-electron chi connectivity index (χ0n) is 14.6. The fourth-order valence-electron chi connectivity index (χ4n) is 3.92. The first-order valence-electron chi connectivity index (χ1n) is 8.88. The minimum atomic E-state index is -0.0230. The first-order valence-corrected chi connectivity index (χ1v) is 9.76. The third-order valence-corrected chi connectivity index (χ3v) is 5.86. The van der Waals surface area contributed by atoms with E-state index in [1.165, 1.54) is 16.9 Å². The van der Waals surface area contributed by atoms with Gasteiger partial charge < -0.3 is 4.90 Å². The fourth-order valence-corrected chi connectivity index (χ4v) is 4.65. The first-order chi connectivity index (χ1) is 12.2. The van der Waals surface area contributed by atoms with Crippen LogP contribution in [0.4, 0.5) is 9.93 Å². The monoisotopic (exact) mass is 357 g/mol. The standard InChI is InChI=1S/C18H23N5OS/c1-3-4-13-11-25-17(20-13)21-18(24)23-14-5-6-15(23)10-12(9-14)16-7-8-19-22(16)2/h7-9,11,14-15H,3-6,10H2,1-2H3,(H,20,21,24). The Morgan fingerprint density at radius 3 is 3.04 bits per heavy atom. The molecule has 0 aliphatic carbocycles. The molecule has 7 heteroatoms. The van der Waals surface area contributed by atoms with Crippen LogP contribution in [-0.2, 0) is 13.5 Å². The third-order valence-electron chi connectivity index (χ3n) is 5.05. The maximum absolute atomic E-state index is 12.8. The summed E-state index contributed by atoms with van der Waals surface area (Å²) in [5.41, 5.74) is 3.51. The minimum absolute atomic E-state index is 0.0230. The zero-order chi connectivity index (χ0) is 17.4. The number of rotatable bonds is 4. The lowest BCUT2D eigenvalue weighted by atomic mass is 9.99. The normalized spacial score (nSPS) is 22.2. The van der Waals surface area contributed by atoms with E-state index in [0.29, 0.717) is 5.13 Å². The highest BCUT2D eigenvalue weighted by molar-refractivity contribution is 7.13. The van der Waals surface area contributed by atoms with E-state index < -0.39 is 0 Å². The Balaban J connectivity index is 1.49. The van der Waals surface area contributed by atoms with Gasteiger partial charge >= 0.3 is 6.03 Å². The summed E-state index contributed by atoms with van der Waals surface area (Å²) in [5.74, 6) is 0. The average Bonchev–Trinajstić information content (AvgIpc) is 3.27. The van der Waals surface area contributed by atoms with E-state index in [1.54, 1.807) is 0 Å². The lowest BCUT2D eigenvalue weighted by Gasteiger charge is -2.33. The van der Waals surface area contributed by atoms with Gasteiger partial charge in [-0.25, -0.2) is 9.78 Å². The molecular weight excluding hydrogens is 334 g/mol. The van der Waals surface area contributed by atoms with E-state index in [2.05, 4.69) is 28.4 Å². The smallest absolute Gasteiger partial charge is 0.315 e. The Kier molecular flexibility index (Phi) is 4.33. The number of amides is 2. The molecule has 2 amide bonds. The van der Waals surface area contributed by atoms with Crippen molar-refractivity contribution in [3.05, 3.63) is 35.1 Å². The van der Waals surface area contributed by atoms with E-state index in [9.17, 15) is 4.79 Å². The SMILES string of the molecule is CCCc1csc(NC(=O)N2C3C=C(c4ccnn4C)CC2CC3)n1. The predicted molar refractivity (Wildman–Crippen MR) is 99.6 cm³/mol. The van der Waals surface area contributed by atoms with Crippen LogP contribution in [0.2, 0.25) is 0 Å². The highest BCUT2D eigenvalue weighted by atomic mass is 32.1. The number of nitrogens with one attached hydrogen (secondary N) is 1. The van der Waals surface area contributed by atoms with E-state index in [0.717, 1.165) is 43.5 Å². The van der Waals surface area contributed by atoms with Gasteiger partial charge in [0.05, 0.1) is 17.4 Å². The van der Waals surface area contributed by atoms with Gasteiger partial charge in [-0.2, -0.15) is 5.10 Å². The lowest BCUT2D eigenvalue weighted by molar-refractivity contribution is 0.193. The molecule has 2 bridgehead atoms.